The number of ether oxygens (including phenoxy) is 1. The van der Waals surface area contributed by atoms with Gasteiger partial charge in [0.25, 0.3) is 0 Å². The number of phenolic OH excluding ortho intramolecular Hbond substituents is 1. The molecule has 0 aliphatic carbocycles. The summed E-state index contributed by atoms with van der Waals surface area (Å²) >= 11 is 0. The van der Waals surface area contributed by atoms with Gasteiger partial charge in [0.05, 0.1) is 30.8 Å². The van der Waals surface area contributed by atoms with Crippen molar-refractivity contribution in [3.05, 3.63) is 89.5 Å². The quantitative estimate of drug-likeness (QED) is 0.414. The largest absolute Gasteiger partial charge is 0.503 e. The highest BCUT2D eigenvalue weighted by Gasteiger charge is 2.31. The fraction of sp³-hybridized carbons (Fsp3) is 0.125. The maximum absolute atomic E-state index is 12.7. The maximum atomic E-state index is 12.7. The van der Waals surface area contributed by atoms with Crippen molar-refractivity contribution in [1.82, 2.24) is 10.6 Å². The van der Waals surface area contributed by atoms with Crippen molar-refractivity contribution in [2.24, 2.45) is 0 Å². The van der Waals surface area contributed by atoms with Gasteiger partial charge in [-0.1, -0.05) is 60.7 Å². The highest BCUT2D eigenvalue weighted by Crippen LogP contribution is 2.43. The zero-order valence-electron chi connectivity index (χ0n) is 18.0. The molecular formula is C24H23N3O5S. The average molecular weight is 466 g/mol. The second-order valence-electron chi connectivity index (χ2n) is 7.55. The van der Waals surface area contributed by atoms with E-state index in [1.54, 1.807) is 6.07 Å². The molecule has 0 fully saturated rings. The monoisotopic (exact) mass is 465 g/mol. The minimum absolute atomic E-state index is 0.0479. The molecule has 2 amide bonds. The van der Waals surface area contributed by atoms with Gasteiger partial charge >= 0.3 is 6.03 Å². The van der Waals surface area contributed by atoms with E-state index >= 15 is 0 Å². The summed E-state index contributed by atoms with van der Waals surface area (Å²) < 4.78 is 31.3. The molecule has 1 atom stereocenters. The van der Waals surface area contributed by atoms with Crippen LogP contribution in [-0.4, -0.2) is 32.9 Å². The Morgan fingerprint density at radius 2 is 1.58 bits per heavy atom. The summed E-state index contributed by atoms with van der Waals surface area (Å²) in [5.41, 5.74) is 3.56. The lowest BCUT2D eigenvalue weighted by atomic mass is 9.87. The van der Waals surface area contributed by atoms with Crippen LogP contribution in [0, 0.1) is 0 Å². The number of amides is 2. The molecule has 3 aromatic rings. The van der Waals surface area contributed by atoms with Crippen LogP contribution in [0.25, 0.3) is 11.3 Å². The predicted molar refractivity (Wildman–Crippen MR) is 127 cm³/mol. The van der Waals surface area contributed by atoms with Crippen LogP contribution in [0.15, 0.2) is 72.8 Å². The van der Waals surface area contributed by atoms with Crippen molar-refractivity contribution in [3.63, 3.8) is 0 Å². The van der Waals surface area contributed by atoms with E-state index in [2.05, 4.69) is 15.4 Å². The standard InChI is InChI=1S/C24H23N3O5S/c1-32-19-14-17(13-18(23(19)28)27-33(2,30)31)22-20(15-9-5-3-6-10-15)21(25-24(29)26-22)16-11-7-4-8-12-16/h3-14,22,27-28H,1-2H3,(H2,25,26,29). The fourth-order valence-electron chi connectivity index (χ4n) is 3.80. The topological polar surface area (TPSA) is 117 Å². The molecule has 0 aromatic heterocycles. The van der Waals surface area contributed by atoms with Gasteiger partial charge in [0.1, 0.15) is 0 Å². The smallest absolute Gasteiger partial charge is 0.320 e. The Balaban J connectivity index is 1.97. The SMILES string of the molecule is COc1cc(C2NC(=O)NC(c3ccccc3)=C2c2ccccc2)cc(NS(C)(=O)=O)c1O. The number of urea groups is 1. The number of carbonyl (C=O) groups is 1. The number of methoxy groups -OCH3 is 1. The Morgan fingerprint density at radius 3 is 2.15 bits per heavy atom. The van der Waals surface area contributed by atoms with E-state index < -0.39 is 22.1 Å². The average Bonchev–Trinajstić information content (AvgIpc) is 2.80. The summed E-state index contributed by atoms with van der Waals surface area (Å²) in [6.45, 7) is 0. The third-order valence-corrected chi connectivity index (χ3v) is 5.76. The van der Waals surface area contributed by atoms with Crippen LogP contribution < -0.4 is 20.1 Å². The van der Waals surface area contributed by atoms with Crippen LogP contribution in [0.2, 0.25) is 0 Å². The number of nitrogens with one attached hydrogen (secondary N) is 3. The number of anilines is 1. The van der Waals surface area contributed by atoms with Gasteiger partial charge in [0.2, 0.25) is 10.0 Å². The van der Waals surface area contributed by atoms with Crippen molar-refractivity contribution in [2.75, 3.05) is 18.1 Å². The summed E-state index contributed by atoms with van der Waals surface area (Å²) in [4.78, 5) is 12.7. The van der Waals surface area contributed by atoms with Crippen molar-refractivity contribution >= 4 is 33.0 Å². The number of hydrogen-bond acceptors (Lipinski definition) is 5. The molecule has 1 aliphatic heterocycles. The summed E-state index contributed by atoms with van der Waals surface area (Å²) in [5.74, 6) is -0.277. The Kier molecular flexibility index (Phi) is 5.97. The van der Waals surface area contributed by atoms with Crippen LogP contribution >= 0.6 is 0 Å². The number of carbonyl (C=O) groups excluding carboxylic acids is 1. The molecule has 3 aromatic carbocycles. The molecule has 1 unspecified atom stereocenters. The molecular weight excluding hydrogens is 442 g/mol. The van der Waals surface area contributed by atoms with Gasteiger partial charge in [-0.05, 0) is 28.8 Å². The first-order valence-electron chi connectivity index (χ1n) is 10.1. The zero-order chi connectivity index (χ0) is 23.6. The first-order valence-corrected chi connectivity index (χ1v) is 12.0. The van der Waals surface area contributed by atoms with E-state index in [1.165, 1.54) is 13.2 Å². The molecule has 33 heavy (non-hydrogen) atoms. The van der Waals surface area contributed by atoms with Gasteiger partial charge < -0.3 is 20.5 Å². The van der Waals surface area contributed by atoms with E-state index in [4.69, 9.17) is 4.74 Å². The van der Waals surface area contributed by atoms with E-state index in [1.807, 2.05) is 60.7 Å². The summed E-state index contributed by atoms with van der Waals surface area (Å²) in [7, 11) is -2.31. The first-order chi connectivity index (χ1) is 15.8. The molecule has 0 spiro atoms. The molecule has 1 heterocycles. The Morgan fingerprint density at radius 1 is 0.970 bits per heavy atom. The van der Waals surface area contributed by atoms with Gasteiger partial charge in [-0.15, -0.1) is 0 Å². The number of phenols is 1. The van der Waals surface area contributed by atoms with Gasteiger partial charge in [0, 0.05) is 5.57 Å². The molecule has 9 heteroatoms. The fourth-order valence-corrected chi connectivity index (χ4v) is 4.36. The maximum Gasteiger partial charge on any atom is 0.320 e. The lowest BCUT2D eigenvalue weighted by molar-refractivity contribution is 0.242. The van der Waals surface area contributed by atoms with Gasteiger partial charge in [-0.3, -0.25) is 4.72 Å². The molecule has 0 saturated heterocycles. The molecule has 0 radical (unpaired) electrons. The third-order valence-electron chi connectivity index (χ3n) is 5.17. The van der Waals surface area contributed by atoms with Crippen molar-refractivity contribution in [1.29, 1.82) is 0 Å². The number of rotatable bonds is 6. The second kappa shape index (κ2) is 8.87. The molecule has 170 valence electrons. The summed E-state index contributed by atoms with van der Waals surface area (Å²) in [6, 6.07) is 21.0. The number of sulfonamides is 1. The van der Waals surface area contributed by atoms with Gasteiger partial charge in [0.15, 0.2) is 11.5 Å². The molecule has 8 nitrogen and oxygen atoms in total. The lowest BCUT2D eigenvalue weighted by Gasteiger charge is -2.31. The minimum Gasteiger partial charge on any atom is -0.503 e. The van der Waals surface area contributed by atoms with Crippen LogP contribution in [0.5, 0.6) is 11.5 Å². The second-order valence-corrected chi connectivity index (χ2v) is 9.29. The van der Waals surface area contributed by atoms with Crippen molar-refractivity contribution in [3.8, 4) is 11.5 Å². The van der Waals surface area contributed by atoms with E-state index in [9.17, 15) is 18.3 Å². The minimum atomic E-state index is -3.68. The van der Waals surface area contributed by atoms with Crippen molar-refractivity contribution < 1.29 is 23.1 Å². The Bertz CT molecular complexity index is 1320. The third kappa shape index (κ3) is 4.78. The zero-order valence-corrected chi connectivity index (χ0v) is 18.8. The first kappa shape index (κ1) is 22.2. The summed E-state index contributed by atoms with van der Waals surface area (Å²) in [5, 5.41) is 16.3. The van der Waals surface area contributed by atoms with E-state index in [-0.39, 0.29) is 17.2 Å². The van der Waals surface area contributed by atoms with Crippen molar-refractivity contribution in [2.45, 2.75) is 6.04 Å². The molecule has 0 saturated carbocycles. The molecule has 1 aliphatic rings. The van der Waals surface area contributed by atoms with Gasteiger partial charge in [-0.2, -0.15) is 0 Å². The lowest BCUT2D eigenvalue weighted by Crippen LogP contribution is -2.43. The Hall–Kier alpha value is -3.98. The van der Waals surface area contributed by atoms with Gasteiger partial charge in [-0.25, -0.2) is 13.2 Å². The molecule has 4 rings (SSSR count). The molecule has 4 N–H and O–H groups in total. The number of hydrogen-bond donors (Lipinski definition) is 4. The van der Waals surface area contributed by atoms with Crippen LogP contribution in [0.3, 0.4) is 0 Å². The van der Waals surface area contributed by atoms with Crippen LogP contribution in [-0.2, 0) is 10.0 Å². The highest BCUT2D eigenvalue weighted by molar-refractivity contribution is 7.92. The highest BCUT2D eigenvalue weighted by atomic mass is 32.2. The van der Waals surface area contributed by atoms with E-state index in [0.29, 0.717) is 11.3 Å². The summed E-state index contributed by atoms with van der Waals surface area (Å²) in [6.07, 6.45) is 0.987. The predicted octanol–water partition coefficient (Wildman–Crippen LogP) is 3.69. The Labute approximate surface area is 192 Å². The van der Waals surface area contributed by atoms with Crippen LogP contribution in [0.1, 0.15) is 22.7 Å². The van der Waals surface area contributed by atoms with Crippen LogP contribution in [0.4, 0.5) is 10.5 Å². The number of benzene rings is 3. The van der Waals surface area contributed by atoms with E-state index in [0.717, 1.165) is 23.0 Å². The normalized spacial score (nSPS) is 16.1. The molecule has 0 bridgehead atoms. The number of aromatic hydroxyl groups is 1.